The maximum absolute atomic E-state index is 11.9. The van der Waals surface area contributed by atoms with Crippen LogP contribution in [0, 0.1) is 6.92 Å². The number of anilines is 1. The molecule has 5 nitrogen and oxygen atoms in total. The van der Waals surface area contributed by atoms with Gasteiger partial charge in [-0.25, -0.2) is 9.59 Å². The number of carbonyl (C=O) groups is 2. The average Bonchev–Trinajstić information content (AvgIpc) is 2.34. The van der Waals surface area contributed by atoms with E-state index in [2.05, 4.69) is 5.32 Å². The zero-order valence-corrected chi connectivity index (χ0v) is 10.8. The SMILES string of the molecule is CC[C@@H](NC(=O)N(C)c1cccc(C)c1)C(=O)O. The van der Waals surface area contributed by atoms with E-state index in [9.17, 15) is 9.59 Å². The van der Waals surface area contributed by atoms with Crippen molar-refractivity contribution in [3.63, 3.8) is 0 Å². The predicted molar refractivity (Wildman–Crippen MR) is 69.8 cm³/mol. The monoisotopic (exact) mass is 250 g/mol. The molecule has 2 N–H and O–H groups in total. The summed E-state index contributed by atoms with van der Waals surface area (Å²) >= 11 is 0. The summed E-state index contributed by atoms with van der Waals surface area (Å²) in [6, 6.07) is 6.17. The summed E-state index contributed by atoms with van der Waals surface area (Å²) in [5.74, 6) is -1.02. The van der Waals surface area contributed by atoms with Crippen LogP contribution in [0.3, 0.4) is 0 Å². The Hall–Kier alpha value is -2.04. The van der Waals surface area contributed by atoms with E-state index in [1.165, 1.54) is 4.90 Å². The second kappa shape index (κ2) is 6.05. The molecular formula is C13H18N2O3. The Morgan fingerprint density at radius 3 is 2.61 bits per heavy atom. The summed E-state index contributed by atoms with van der Waals surface area (Å²) in [5.41, 5.74) is 1.77. The van der Waals surface area contributed by atoms with Crippen LogP contribution in [0.1, 0.15) is 18.9 Å². The molecular weight excluding hydrogens is 232 g/mol. The molecule has 1 rings (SSSR count). The van der Waals surface area contributed by atoms with Crippen molar-refractivity contribution in [3.8, 4) is 0 Å². The molecule has 0 aliphatic rings. The number of carboxylic acid groups (broad SMARTS) is 1. The van der Waals surface area contributed by atoms with Gasteiger partial charge in [-0.15, -0.1) is 0 Å². The van der Waals surface area contributed by atoms with Crippen LogP contribution in [-0.4, -0.2) is 30.2 Å². The van der Waals surface area contributed by atoms with Crippen molar-refractivity contribution in [2.75, 3.05) is 11.9 Å². The van der Waals surface area contributed by atoms with E-state index in [0.717, 1.165) is 11.3 Å². The van der Waals surface area contributed by atoms with E-state index in [1.54, 1.807) is 20.0 Å². The summed E-state index contributed by atoms with van der Waals surface area (Å²) in [5, 5.41) is 11.4. The highest BCUT2D eigenvalue weighted by Gasteiger charge is 2.20. The molecule has 0 spiro atoms. The van der Waals surface area contributed by atoms with Crippen molar-refractivity contribution in [3.05, 3.63) is 29.8 Å². The van der Waals surface area contributed by atoms with Crippen LogP contribution in [0.5, 0.6) is 0 Å². The Bertz CT molecular complexity index is 446. The number of hydrogen-bond donors (Lipinski definition) is 2. The van der Waals surface area contributed by atoms with Gasteiger partial charge in [-0.1, -0.05) is 19.1 Å². The third-order valence-electron chi connectivity index (χ3n) is 2.70. The van der Waals surface area contributed by atoms with Crippen LogP contribution in [-0.2, 0) is 4.79 Å². The van der Waals surface area contributed by atoms with Crippen molar-refractivity contribution >= 4 is 17.7 Å². The number of amides is 2. The number of aryl methyl sites for hydroxylation is 1. The summed E-state index contributed by atoms with van der Waals surface area (Å²) in [6.45, 7) is 3.65. The zero-order chi connectivity index (χ0) is 13.7. The highest BCUT2D eigenvalue weighted by molar-refractivity contribution is 5.94. The molecule has 1 aromatic carbocycles. The highest BCUT2D eigenvalue weighted by atomic mass is 16.4. The number of nitrogens with zero attached hydrogens (tertiary/aromatic N) is 1. The molecule has 0 radical (unpaired) electrons. The van der Waals surface area contributed by atoms with Gasteiger partial charge in [0.1, 0.15) is 6.04 Å². The van der Waals surface area contributed by atoms with Crippen LogP contribution in [0.15, 0.2) is 24.3 Å². The minimum absolute atomic E-state index is 0.350. The largest absolute Gasteiger partial charge is 0.480 e. The third kappa shape index (κ3) is 3.48. The van der Waals surface area contributed by atoms with Gasteiger partial charge in [-0.3, -0.25) is 4.90 Å². The summed E-state index contributed by atoms with van der Waals surface area (Å²) in [4.78, 5) is 24.1. The molecule has 1 aromatic rings. The van der Waals surface area contributed by atoms with Crippen LogP contribution < -0.4 is 10.2 Å². The average molecular weight is 250 g/mol. The lowest BCUT2D eigenvalue weighted by atomic mass is 10.2. The Morgan fingerprint density at radius 1 is 1.44 bits per heavy atom. The van der Waals surface area contributed by atoms with Gasteiger partial charge in [0.15, 0.2) is 0 Å². The van der Waals surface area contributed by atoms with Gasteiger partial charge in [-0.2, -0.15) is 0 Å². The van der Waals surface area contributed by atoms with Crippen LogP contribution >= 0.6 is 0 Å². The second-order valence-electron chi connectivity index (χ2n) is 4.15. The minimum Gasteiger partial charge on any atom is -0.480 e. The standard InChI is InChI=1S/C13H18N2O3/c1-4-11(12(16)17)14-13(18)15(3)10-7-5-6-9(2)8-10/h5-8,11H,4H2,1-3H3,(H,14,18)(H,16,17)/t11-/m1/s1. The molecule has 0 aliphatic carbocycles. The smallest absolute Gasteiger partial charge is 0.326 e. The first-order valence-electron chi connectivity index (χ1n) is 5.79. The molecule has 0 fully saturated rings. The maximum atomic E-state index is 11.9. The molecule has 0 aromatic heterocycles. The number of aliphatic carboxylic acids is 1. The molecule has 98 valence electrons. The molecule has 0 saturated carbocycles. The Morgan fingerprint density at radius 2 is 2.11 bits per heavy atom. The Kier molecular flexibility index (Phi) is 4.71. The lowest BCUT2D eigenvalue weighted by molar-refractivity contribution is -0.139. The molecule has 1 atom stereocenters. The zero-order valence-electron chi connectivity index (χ0n) is 10.8. The molecule has 0 aliphatic heterocycles. The van der Waals surface area contributed by atoms with E-state index in [4.69, 9.17) is 5.11 Å². The molecule has 0 unspecified atom stereocenters. The Balaban J connectivity index is 2.75. The van der Waals surface area contributed by atoms with Gasteiger partial charge in [0, 0.05) is 12.7 Å². The number of carbonyl (C=O) groups excluding carboxylic acids is 1. The van der Waals surface area contributed by atoms with Gasteiger partial charge >= 0.3 is 12.0 Å². The van der Waals surface area contributed by atoms with Gasteiger partial charge in [0.05, 0.1) is 0 Å². The van der Waals surface area contributed by atoms with Crippen molar-refractivity contribution < 1.29 is 14.7 Å². The van der Waals surface area contributed by atoms with E-state index >= 15 is 0 Å². The highest BCUT2D eigenvalue weighted by Crippen LogP contribution is 2.14. The predicted octanol–water partition coefficient (Wildman–Crippen LogP) is 2.00. The quantitative estimate of drug-likeness (QED) is 0.858. The first-order valence-corrected chi connectivity index (χ1v) is 5.79. The fourth-order valence-electron chi connectivity index (χ4n) is 1.54. The second-order valence-corrected chi connectivity index (χ2v) is 4.15. The molecule has 0 heterocycles. The number of hydrogen-bond acceptors (Lipinski definition) is 2. The number of urea groups is 1. The topological polar surface area (TPSA) is 69.6 Å². The molecule has 5 heteroatoms. The number of carboxylic acids is 1. The number of nitrogens with one attached hydrogen (secondary N) is 1. The molecule has 18 heavy (non-hydrogen) atoms. The van der Waals surface area contributed by atoms with Crippen molar-refractivity contribution in [1.29, 1.82) is 0 Å². The summed E-state index contributed by atoms with van der Waals surface area (Å²) < 4.78 is 0. The van der Waals surface area contributed by atoms with E-state index < -0.39 is 18.0 Å². The van der Waals surface area contributed by atoms with Crippen LogP contribution in [0.4, 0.5) is 10.5 Å². The lowest BCUT2D eigenvalue weighted by Gasteiger charge is -2.21. The first-order chi connectivity index (χ1) is 8.45. The van der Waals surface area contributed by atoms with Crippen LogP contribution in [0.2, 0.25) is 0 Å². The van der Waals surface area contributed by atoms with Gasteiger partial charge in [0.2, 0.25) is 0 Å². The van der Waals surface area contributed by atoms with Gasteiger partial charge in [0.25, 0.3) is 0 Å². The Labute approximate surface area is 106 Å². The first kappa shape index (κ1) is 14.0. The number of benzene rings is 1. The van der Waals surface area contributed by atoms with Crippen molar-refractivity contribution in [1.82, 2.24) is 5.32 Å². The van der Waals surface area contributed by atoms with Crippen molar-refractivity contribution in [2.45, 2.75) is 26.3 Å². The maximum Gasteiger partial charge on any atom is 0.326 e. The van der Waals surface area contributed by atoms with E-state index in [0.29, 0.717) is 6.42 Å². The van der Waals surface area contributed by atoms with Crippen LogP contribution in [0.25, 0.3) is 0 Å². The molecule has 0 saturated heterocycles. The molecule has 0 bridgehead atoms. The fourth-order valence-corrected chi connectivity index (χ4v) is 1.54. The number of rotatable bonds is 4. The normalized spacial score (nSPS) is 11.7. The van der Waals surface area contributed by atoms with Crippen molar-refractivity contribution in [2.24, 2.45) is 0 Å². The summed E-state index contributed by atoms with van der Waals surface area (Å²) in [6.07, 6.45) is 0.350. The summed E-state index contributed by atoms with van der Waals surface area (Å²) in [7, 11) is 1.61. The van der Waals surface area contributed by atoms with E-state index in [1.807, 2.05) is 25.1 Å². The lowest BCUT2D eigenvalue weighted by Crippen LogP contribution is -2.46. The fraction of sp³-hybridized carbons (Fsp3) is 0.385. The van der Waals surface area contributed by atoms with E-state index in [-0.39, 0.29) is 0 Å². The van der Waals surface area contributed by atoms with Gasteiger partial charge in [-0.05, 0) is 31.0 Å². The van der Waals surface area contributed by atoms with Gasteiger partial charge < -0.3 is 10.4 Å². The minimum atomic E-state index is -1.02. The third-order valence-corrected chi connectivity index (χ3v) is 2.70. The molecule has 2 amide bonds.